The summed E-state index contributed by atoms with van der Waals surface area (Å²) in [5, 5.41) is 15.0. The molecule has 0 aliphatic carbocycles. The zero-order chi connectivity index (χ0) is 24.0. The van der Waals surface area contributed by atoms with E-state index in [-0.39, 0.29) is 12.1 Å². The number of pyridine rings is 1. The number of halogens is 3. The lowest BCUT2D eigenvalue weighted by molar-refractivity contribution is -0.0200. The number of nitrogens with one attached hydrogen (secondary N) is 1. The highest BCUT2D eigenvalue weighted by atomic mass is 19.3. The number of piperidine rings is 1. The van der Waals surface area contributed by atoms with Crippen molar-refractivity contribution in [1.29, 1.82) is 0 Å². The summed E-state index contributed by atoms with van der Waals surface area (Å²) in [6.45, 7) is 4.55. The molecule has 0 amide bonds. The van der Waals surface area contributed by atoms with Gasteiger partial charge >= 0.3 is 0 Å². The molecule has 0 bridgehead atoms. The van der Waals surface area contributed by atoms with E-state index in [0.29, 0.717) is 48.6 Å². The van der Waals surface area contributed by atoms with Gasteiger partial charge in [-0.25, -0.2) is 23.1 Å². The number of hydrogen-bond donors (Lipinski definition) is 2. The van der Waals surface area contributed by atoms with Gasteiger partial charge in [-0.3, -0.25) is 4.99 Å². The van der Waals surface area contributed by atoms with E-state index in [1.165, 1.54) is 12.1 Å². The van der Waals surface area contributed by atoms with Crippen molar-refractivity contribution in [2.45, 2.75) is 44.9 Å². The number of hydrogen-bond acceptors (Lipinski definition) is 6. The second kappa shape index (κ2) is 8.66. The molecule has 1 fully saturated rings. The molecule has 180 valence electrons. The lowest BCUT2D eigenvalue weighted by atomic mass is 9.84. The number of likely N-dealkylation sites (tertiary alicyclic amines) is 1. The van der Waals surface area contributed by atoms with Gasteiger partial charge in [-0.1, -0.05) is 18.2 Å². The maximum Gasteiger partial charge on any atom is 0.266 e. The Bertz CT molecular complexity index is 1270. The van der Waals surface area contributed by atoms with E-state index in [1.54, 1.807) is 6.92 Å². The molecular weight excluding hydrogens is 445 g/mol. The number of nitrogens with zero attached hydrogens (tertiary/aromatic N) is 5. The van der Waals surface area contributed by atoms with Crippen LogP contribution >= 0.6 is 0 Å². The van der Waals surface area contributed by atoms with E-state index < -0.39 is 23.4 Å². The Morgan fingerprint density at radius 3 is 2.71 bits per heavy atom. The first-order valence-electron chi connectivity index (χ1n) is 11.4. The molecule has 7 nitrogen and oxygen atoms in total. The van der Waals surface area contributed by atoms with E-state index in [4.69, 9.17) is 0 Å². The number of anilines is 1. The lowest BCUT2D eigenvalue weighted by Crippen LogP contribution is -2.41. The van der Waals surface area contributed by atoms with Crippen molar-refractivity contribution < 1.29 is 18.3 Å². The predicted molar refractivity (Wildman–Crippen MR) is 121 cm³/mol. The van der Waals surface area contributed by atoms with E-state index in [2.05, 4.69) is 25.2 Å². The lowest BCUT2D eigenvalue weighted by Gasteiger charge is -2.38. The van der Waals surface area contributed by atoms with Crippen LogP contribution < -0.4 is 10.8 Å². The Morgan fingerprint density at radius 2 is 1.97 bits per heavy atom. The van der Waals surface area contributed by atoms with Crippen LogP contribution in [0, 0.1) is 12.7 Å². The molecule has 1 aromatic carbocycles. The molecule has 0 spiro atoms. The number of rotatable bonds is 4. The first-order chi connectivity index (χ1) is 16.3. The van der Waals surface area contributed by atoms with Crippen LogP contribution in [0.1, 0.15) is 41.8 Å². The molecule has 1 aromatic rings. The topological polar surface area (TPSA) is 78.6 Å². The Kier molecular flexibility index (Phi) is 5.81. The third-order valence-electron chi connectivity index (χ3n) is 6.77. The molecule has 0 unspecified atom stereocenters. The predicted octanol–water partition coefficient (Wildman–Crippen LogP) is 3.21. The summed E-state index contributed by atoms with van der Waals surface area (Å²) in [7, 11) is 2.03. The van der Waals surface area contributed by atoms with Crippen LogP contribution in [0.4, 0.5) is 19.0 Å². The Morgan fingerprint density at radius 1 is 1.21 bits per heavy atom. The Hall–Kier alpha value is -2.98. The highest BCUT2D eigenvalue weighted by molar-refractivity contribution is 5.66. The highest BCUT2D eigenvalue weighted by Crippen LogP contribution is 2.40. The number of benzene rings is 1. The molecule has 10 heteroatoms. The van der Waals surface area contributed by atoms with Gasteiger partial charge in [0.05, 0.1) is 23.3 Å². The van der Waals surface area contributed by atoms with Crippen molar-refractivity contribution in [3.63, 3.8) is 0 Å². The molecule has 4 heterocycles. The fraction of sp³-hybridized carbons (Fsp3) is 0.458. The first kappa shape index (κ1) is 22.8. The first-order valence-corrected chi connectivity index (χ1v) is 11.4. The van der Waals surface area contributed by atoms with Gasteiger partial charge in [0.25, 0.3) is 6.43 Å². The second-order valence-corrected chi connectivity index (χ2v) is 9.09. The zero-order valence-corrected chi connectivity index (χ0v) is 19.2. The van der Waals surface area contributed by atoms with Crippen molar-refractivity contribution in [1.82, 2.24) is 19.4 Å². The fourth-order valence-electron chi connectivity index (χ4n) is 4.83. The van der Waals surface area contributed by atoms with Crippen LogP contribution in [-0.2, 0) is 18.7 Å². The third-order valence-corrected chi connectivity index (χ3v) is 6.77. The van der Waals surface area contributed by atoms with Crippen molar-refractivity contribution in [2.24, 2.45) is 4.99 Å². The third kappa shape index (κ3) is 3.94. The summed E-state index contributed by atoms with van der Waals surface area (Å²) in [6.07, 6.45) is -1.71. The van der Waals surface area contributed by atoms with E-state index in [1.807, 2.05) is 17.7 Å². The van der Waals surface area contributed by atoms with Crippen LogP contribution in [0.15, 0.2) is 29.3 Å². The molecule has 2 N–H and O–H groups in total. The monoisotopic (exact) mass is 472 g/mol. The number of aromatic nitrogens is 3. The molecule has 5 rings (SSSR count). The Balaban J connectivity index is 1.64. The van der Waals surface area contributed by atoms with Crippen LogP contribution in [0.3, 0.4) is 0 Å². The molecule has 0 atom stereocenters. The quantitative estimate of drug-likeness (QED) is 0.610. The van der Waals surface area contributed by atoms with Gasteiger partial charge in [0.2, 0.25) is 0 Å². The average molecular weight is 473 g/mol. The molecule has 0 radical (unpaired) electrons. The minimum atomic E-state index is -2.90. The SMILES string of the molecule is Cc1nc2n3c(c(C4(O)CCN(C)CC4)cc-2c(=NCc2cccc(C(F)F)c2F)n1)NCC3. The van der Waals surface area contributed by atoms with E-state index in [9.17, 15) is 18.3 Å². The van der Waals surface area contributed by atoms with Crippen molar-refractivity contribution in [3.8, 4) is 11.4 Å². The molecular formula is C24H27F3N6O. The van der Waals surface area contributed by atoms with Gasteiger partial charge < -0.3 is 19.9 Å². The summed E-state index contributed by atoms with van der Waals surface area (Å²) in [5.74, 6) is 1.07. The van der Waals surface area contributed by atoms with Crippen LogP contribution in [0.5, 0.6) is 0 Å². The highest BCUT2D eigenvalue weighted by Gasteiger charge is 2.38. The normalized spacial score (nSPS) is 18.5. The van der Waals surface area contributed by atoms with Crippen LogP contribution in [-0.4, -0.2) is 51.2 Å². The van der Waals surface area contributed by atoms with E-state index in [0.717, 1.165) is 30.5 Å². The summed E-state index contributed by atoms with van der Waals surface area (Å²) >= 11 is 0. The standard InChI is InChI=1S/C24H27F3N6O/c1-14-30-21(29-13-15-4-3-5-16(19(15)25)20(26)27)17-12-18(24(34)6-9-32(2)10-7-24)23-28-8-11-33(23)22(17)31-14/h3-5,12,20,28,34H,6-11,13H2,1-2H3. The molecule has 34 heavy (non-hydrogen) atoms. The maximum atomic E-state index is 14.6. The van der Waals surface area contributed by atoms with Crippen LogP contribution in [0.2, 0.25) is 0 Å². The summed E-state index contributed by atoms with van der Waals surface area (Å²) in [5.41, 5.74) is 0.208. The second-order valence-electron chi connectivity index (χ2n) is 9.09. The number of aliphatic hydroxyl groups is 1. The van der Waals surface area contributed by atoms with Crippen molar-refractivity contribution >= 4 is 5.82 Å². The zero-order valence-electron chi connectivity index (χ0n) is 19.2. The van der Waals surface area contributed by atoms with Gasteiger partial charge in [0.15, 0.2) is 5.49 Å². The largest absolute Gasteiger partial charge is 0.385 e. The number of fused-ring (bicyclic) bond motifs is 3. The Labute approximate surface area is 195 Å². The summed E-state index contributed by atoms with van der Waals surface area (Å²) < 4.78 is 42.8. The molecule has 1 saturated heterocycles. The number of aryl methyl sites for hydroxylation is 1. The van der Waals surface area contributed by atoms with Gasteiger partial charge in [-0.15, -0.1) is 0 Å². The average Bonchev–Trinajstić information content (AvgIpc) is 3.30. The van der Waals surface area contributed by atoms with Gasteiger partial charge in [-0.2, -0.15) is 0 Å². The fourth-order valence-corrected chi connectivity index (χ4v) is 4.83. The van der Waals surface area contributed by atoms with Gasteiger partial charge in [-0.05, 0) is 32.9 Å². The van der Waals surface area contributed by atoms with Gasteiger partial charge in [0.1, 0.15) is 23.3 Å². The van der Waals surface area contributed by atoms with Crippen molar-refractivity contribution in [2.75, 3.05) is 32.0 Å². The molecule has 0 aromatic heterocycles. The smallest absolute Gasteiger partial charge is 0.266 e. The number of alkyl halides is 2. The molecule has 4 aliphatic heterocycles. The molecule has 0 saturated carbocycles. The van der Waals surface area contributed by atoms with Crippen molar-refractivity contribution in [3.05, 3.63) is 58.1 Å². The van der Waals surface area contributed by atoms with Gasteiger partial charge in [0, 0.05) is 37.3 Å². The molecule has 4 aliphatic rings. The maximum absolute atomic E-state index is 14.6. The minimum Gasteiger partial charge on any atom is -0.385 e. The summed E-state index contributed by atoms with van der Waals surface area (Å²) in [4.78, 5) is 15.8. The summed E-state index contributed by atoms with van der Waals surface area (Å²) in [6, 6.07) is 5.81. The van der Waals surface area contributed by atoms with E-state index >= 15 is 0 Å². The minimum absolute atomic E-state index is 0.0758. The van der Waals surface area contributed by atoms with Crippen LogP contribution in [0.25, 0.3) is 11.4 Å².